The van der Waals surface area contributed by atoms with E-state index in [9.17, 15) is 4.79 Å². The summed E-state index contributed by atoms with van der Waals surface area (Å²) in [4.78, 5) is 18.9. The lowest BCUT2D eigenvalue weighted by atomic mass is 10.1. The van der Waals surface area contributed by atoms with Crippen LogP contribution in [0.5, 0.6) is 0 Å². The van der Waals surface area contributed by atoms with Crippen LogP contribution in [0.2, 0.25) is 0 Å². The zero-order valence-electron chi connectivity index (χ0n) is 9.46. The fourth-order valence-corrected chi connectivity index (χ4v) is 1.47. The minimum Gasteiger partial charge on any atom is -0.481 e. The zero-order valence-corrected chi connectivity index (χ0v) is 9.46. The van der Waals surface area contributed by atoms with Gasteiger partial charge in [-0.2, -0.15) is 0 Å². The third-order valence-corrected chi connectivity index (χ3v) is 2.27. The number of aliphatic hydroxyl groups excluding tert-OH is 2. The van der Waals surface area contributed by atoms with Crippen LogP contribution in [0, 0.1) is 0 Å². The van der Waals surface area contributed by atoms with E-state index in [1.165, 1.54) is 0 Å². The van der Waals surface area contributed by atoms with Gasteiger partial charge in [-0.25, -0.2) is 0 Å². The molecule has 0 bridgehead atoms. The molecule has 94 valence electrons. The highest BCUT2D eigenvalue weighted by atomic mass is 16.4. The largest absolute Gasteiger partial charge is 0.481 e. The quantitative estimate of drug-likeness (QED) is 0.597. The zero-order chi connectivity index (χ0) is 12.7. The molecular formula is C11H16N2O4. The first-order valence-corrected chi connectivity index (χ1v) is 5.44. The summed E-state index contributed by atoms with van der Waals surface area (Å²) in [6.07, 6.45) is 2.58. The van der Waals surface area contributed by atoms with Crippen molar-refractivity contribution < 1.29 is 20.1 Å². The molecule has 1 aromatic heterocycles. The molecule has 3 N–H and O–H groups in total. The molecule has 0 spiro atoms. The number of hydrogen-bond donors (Lipinski definition) is 3. The van der Waals surface area contributed by atoms with E-state index in [4.69, 9.17) is 15.3 Å². The molecule has 0 saturated carbocycles. The lowest BCUT2D eigenvalue weighted by Crippen LogP contribution is -2.09. The minimum absolute atomic E-state index is 0.0182. The number of carboxylic acid groups (broad SMARTS) is 1. The Balaban J connectivity index is 2.85. The standard InChI is InChI=1S/C11H16N2O4/c14-5-3-8-7-12-9(4-6-15)10(13-8)1-2-11(16)17/h7,14-15H,1-6H2,(H,16,17). The summed E-state index contributed by atoms with van der Waals surface area (Å²) in [5.41, 5.74) is 1.84. The van der Waals surface area contributed by atoms with Gasteiger partial charge in [-0.05, 0) is 0 Å². The molecule has 0 aliphatic heterocycles. The van der Waals surface area contributed by atoms with Crippen LogP contribution in [0.15, 0.2) is 6.20 Å². The highest BCUT2D eigenvalue weighted by molar-refractivity contribution is 5.67. The van der Waals surface area contributed by atoms with Crippen molar-refractivity contribution >= 4 is 5.97 Å². The predicted molar refractivity (Wildman–Crippen MR) is 59.6 cm³/mol. The second-order valence-corrected chi connectivity index (χ2v) is 3.60. The van der Waals surface area contributed by atoms with Gasteiger partial charge in [0.2, 0.25) is 0 Å². The SMILES string of the molecule is O=C(O)CCc1nc(CCO)cnc1CCO. The van der Waals surface area contributed by atoms with Crippen LogP contribution in [0.4, 0.5) is 0 Å². The monoisotopic (exact) mass is 240 g/mol. The van der Waals surface area contributed by atoms with Crippen molar-refractivity contribution in [3.63, 3.8) is 0 Å². The van der Waals surface area contributed by atoms with Gasteiger partial charge in [-0.3, -0.25) is 14.8 Å². The normalized spacial score (nSPS) is 10.5. The van der Waals surface area contributed by atoms with Gasteiger partial charge < -0.3 is 15.3 Å². The Morgan fingerprint density at radius 2 is 1.82 bits per heavy atom. The van der Waals surface area contributed by atoms with E-state index in [0.717, 1.165) is 0 Å². The summed E-state index contributed by atoms with van der Waals surface area (Å²) in [5.74, 6) is -0.894. The summed E-state index contributed by atoms with van der Waals surface area (Å²) in [6.45, 7) is -0.0690. The maximum absolute atomic E-state index is 10.5. The van der Waals surface area contributed by atoms with E-state index in [0.29, 0.717) is 29.9 Å². The molecule has 6 nitrogen and oxygen atoms in total. The Morgan fingerprint density at radius 3 is 2.41 bits per heavy atom. The molecule has 6 heteroatoms. The number of carbonyl (C=O) groups is 1. The maximum Gasteiger partial charge on any atom is 0.303 e. The number of aromatic nitrogens is 2. The number of nitrogens with zero attached hydrogens (tertiary/aromatic N) is 2. The first-order valence-electron chi connectivity index (χ1n) is 5.44. The molecule has 1 rings (SSSR count). The van der Waals surface area contributed by atoms with Crippen LogP contribution in [0.25, 0.3) is 0 Å². The molecule has 0 atom stereocenters. The highest BCUT2D eigenvalue weighted by Gasteiger charge is 2.09. The van der Waals surface area contributed by atoms with Crippen molar-refractivity contribution in [3.8, 4) is 0 Å². The van der Waals surface area contributed by atoms with Gasteiger partial charge in [0.1, 0.15) is 0 Å². The number of rotatable bonds is 7. The first-order chi connectivity index (χ1) is 8.17. The number of hydrogen-bond acceptors (Lipinski definition) is 5. The Morgan fingerprint density at radius 1 is 1.12 bits per heavy atom. The molecule has 0 saturated heterocycles. The van der Waals surface area contributed by atoms with Crippen molar-refractivity contribution in [2.75, 3.05) is 13.2 Å². The number of aliphatic hydroxyl groups is 2. The first kappa shape index (κ1) is 13.5. The van der Waals surface area contributed by atoms with Gasteiger partial charge in [-0.15, -0.1) is 0 Å². The topological polar surface area (TPSA) is 104 Å². The van der Waals surface area contributed by atoms with E-state index in [2.05, 4.69) is 9.97 Å². The van der Waals surface area contributed by atoms with Crippen molar-refractivity contribution in [2.45, 2.75) is 25.7 Å². The van der Waals surface area contributed by atoms with Crippen molar-refractivity contribution in [3.05, 3.63) is 23.3 Å². The fraction of sp³-hybridized carbons (Fsp3) is 0.545. The van der Waals surface area contributed by atoms with E-state index in [-0.39, 0.29) is 26.1 Å². The molecule has 0 aromatic carbocycles. The fourth-order valence-electron chi connectivity index (χ4n) is 1.47. The van der Waals surface area contributed by atoms with E-state index in [1.807, 2.05) is 0 Å². The molecule has 0 aliphatic carbocycles. The molecule has 0 amide bonds. The van der Waals surface area contributed by atoms with Crippen molar-refractivity contribution in [2.24, 2.45) is 0 Å². The maximum atomic E-state index is 10.5. The molecule has 0 unspecified atom stereocenters. The summed E-state index contributed by atoms with van der Waals surface area (Å²) in [7, 11) is 0. The third kappa shape index (κ3) is 4.46. The molecule has 0 aliphatic rings. The Hall–Kier alpha value is -1.53. The molecule has 17 heavy (non-hydrogen) atoms. The van der Waals surface area contributed by atoms with Crippen LogP contribution in [0.3, 0.4) is 0 Å². The van der Waals surface area contributed by atoms with Crippen LogP contribution in [-0.4, -0.2) is 44.5 Å². The predicted octanol–water partition coefficient (Wildman–Crippen LogP) is -0.437. The van der Waals surface area contributed by atoms with E-state index >= 15 is 0 Å². The smallest absolute Gasteiger partial charge is 0.303 e. The van der Waals surface area contributed by atoms with E-state index < -0.39 is 5.97 Å². The highest BCUT2D eigenvalue weighted by Crippen LogP contribution is 2.08. The number of aliphatic carboxylic acids is 1. The van der Waals surface area contributed by atoms with Crippen molar-refractivity contribution in [1.82, 2.24) is 9.97 Å². The van der Waals surface area contributed by atoms with Crippen LogP contribution in [0.1, 0.15) is 23.5 Å². The molecule has 1 aromatic rings. The van der Waals surface area contributed by atoms with Gasteiger partial charge in [0.05, 0.1) is 23.5 Å². The lowest BCUT2D eigenvalue weighted by molar-refractivity contribution is -0.136. The van der Waals surface area contributed by atoms with Gasteiger partial charge in [0, 0.05) is 38.7 Å². The molecule has 0 radical (unpaired) electrons. The summed E-state index contributed by atoms with van der Waals surface area (Å²) in [6, 6.07) is 0. The molecular weight excluding hydrogens is 224 g/mol. The second kappa shape index (κ2) is 6.93. The van der Waals surface area contributed by atoms with Crippen molar-refractivity contribution in [1.29, 1.82) is 0 Å². The summed E-state index contributed by atoms with van der Waals surface area (Å²) < 4.78 is 0. The summed E-state index contributed by atoms with van der Waals surface area (Å²) in [5, 5.41) is 26.3. The molecule has 0 fully saturated rings. The summed E-state index contributed by atoms with van der Waals surface area (Å²) >= 11 is 0. The van der Waals surface area contributed by atoms with Gasteiger partial charge in [-0.1, -0.05) is 0 Å². The van der Waals surface area contributed by atoms with Gasteiger partial charge >= 0.3 is 5.97 Å². The second-order valence-electron chi connectivity index (χ2n) is 3.60. The average molecular weight is 240 g/mol. The number of aryl methyl sites for hydroxylation is 1. The molecule has 1 heterocycles. The lowest BCUT2D eigenvalue weighted by Gasteiger charge is -2.07. The Bertz CT molecular complexity index is 382. The van der Waals surface area contributed by atoms with Gasteiger partial charge in [0.15, 0.2) is 0 Å². The average Bonchev–Trinajstić information content (AvgIpc) is 2.29. The Labute approximate surface area is 99.0 Å². The van der Waals surface area contributed by atoms with Crippen LogP contribution >= 0.6 is 0 Å². The third-order valence-electron chi connectivity index (χ3n) is 2.27. The van der Waals surface area contributed by atoms with E-state index in [1.54, 1.807) is 6.20 Å². The van der Waals surface area contributed by atoms with Gasteiger partial charge in [0.25, 0.3) is 0 Å². The van der Waals surface area contributed by atoms with Crippen LogP contribution < -0.4 is 0 Å². The van der Waals surface area contributed by atoms with Crippen LogP contribution in [-0.2, 0) is 24.1 Å². The Kier molecular flexibility index (Phi) is 5.51. The minimum atomic E-state index is -0.894. The number of carboxylic acids is 1.